The summed E-state index contributed by atoms with van der Waals surface area (Å²) in [5, 5.41) is 13.5. The van der Waals surface area contributed by atoms with Gasteiger partial charge in [-0.3, -0.25) is 0 Å². The number of hydrogen-bond donors (Lipinski definition) is 2. The molecule has 1 aromatic carbocycles. The number of aromatic hydroxyl groups is 1. The summed E-state index contributed by atoms with van der Waals surface area (Å²) in [6.45, 7) is 4.10. The molecule has 6 nitrogen and oxygen atoms in total. The van der Waals surface area contributed by atoms with E-state index >= 15 is 0 Å². The third-order valence-corrected chi connectivity index (χ3v) is 3.42. The highest BCUT2D eigenvalue weighted by Crippen LogP contribution is 2.31. The van der Waals surface area contributed by atoms with Crippen LogP contribution in [-0.2, 0) is 0 Å². The van der Waals surface area contributed by atoms with E-state index in [2.05, 4.69) is 17.1 Å². The average molecular weight is 277 g/mol. The molecule has 2 atom stereocenters. The average Bonchev–Trinajstić information content (AvgIpc) is 2.95. The zero-order chi connectivity index (χ0) is 14.7. The van der Waals surface area contributed by atoms with Gasteiger partial charge in [-0.1, -0.05) is 25.4 Å². The molecule has 108 valence electrons. The van der Waals surface area contributed by atoms with Crippen LogP contribution in [0.25, 0.3) is 11.4 Å². The van der Waals surface area contributed by atoms with Crippen LogP contribution in [0.4, 0.5) is 0 Å². The molecule has 3 N–H and O–H groups in total. The van der Waals surface area contributed by atoms with E-state index in [0.29, 0.717) is 23.0 Å². The minimum absolute atomic E-state index is 0.0660. The normalized spacial score (nSPS) is 14.0. The van der Waals surface area contributed by atoms with Gasteiger partial charge in [-0.2, -0.15) is 4.98 Å². The lowest BCUT2D eigenvalue weighted by atomic mass is 10.0. The van der Waals surface area contributed by atoms with Crippen LogP contribution in [0.3, 0.4) is 0 Å². The lowest BCUT2D eigenvalue weighted by molar-refractivity contribution is 0.312. The molecule has 0 spiro atoms. The third kappa shape index (κ3) is 2.75. The van der Waals surface area contributed by atoms with Gasteiger partial charge in [-0.15, -0.1) is 0 Å². The van der Waals surface area contributed by atoms with Crippen molar-refractivity contribution >= 4 is 0 Å². The topological polar surface area (TPSA) is 94.4 Å². The highest BCUT2D eigenvalue weighted by Gasteiger charge is 2.20. The van der Waals surface area contributed by atoms with E-state index in [0.717, 1.165) is 6.42 Å². The predicted molar refractivity (Wildman–Crippen MR) is 74.3 cm³/mol. The van der Waals surface area contributed by atoms with Gasteiger partial charge in [0.05, 0.1) is 13.2 Å². The Morgan fingerprint density at radius 1 is 1.45 bits per heavy atom. The Hall–Kier alpha value is -2.08. The van der Waals surface area contributed by atoms with Crippen LogP contribution >= 0.6 is 0 Å². The minimum Gasteiger partial charge on any atom is -0.504 e. The number of aromatic nitrogens is 2. The molecular weight excluding hydrogens is 258 g/mol. The van der Waals surface area contributed by atoms with E-state index in [1.165, 1.54) is 13.2 Å². The van der Waals surface area contributed by atoms with Gasteiger partial charge >= 0.3 is 0 Å². The predicted octanol–water partition coefficient (Wildman–Crippen LogP) is 2.50. The number of nitrogens with zero attached hydrogens (tertiary/aromatic N) is 2. The number of phenolic OH excluding ortho intramolecular Hbond substituents is 1. The van der Waals surface area contributed by atoms with Crippen LogP contribution < -0.4 is 10.5 Å². The fraction of sp³-hybridized carbons (Fsp3) is 0.429. The van der Waals surface area contributed by atoms with E-state index in [1.807, 2.05) is 6.92 Å². The second-order valence-electron chi connectivity index (χ2n) is 4.75. The smallest absolute Gasteiger partial charge is 0.244 e. The van der Waals surface area contributed by atoms with Crippen molar-refractivity contribution in [2.24, 2.45) is 11.7 Å². The zero-order valence-corrected chi connectivity index (χ0v) is 11.8. The fourth-order valence-electron chi connectivity index (χ4n) is 1.80. The van der Waals surface area contributed by atoms with Crippen molar-refractivity contribution in [3.8, 4) is 22.9 Å². The van der Waals surface area contributed by atoms with Gasteiger partial charge in [0.15, 0.2) is 11.5 Å². The number of hydrogen-bond acceptors (Lipinski definition) is 6. The van der Waals surface area contributed by atoms with Crippen LogP contribution in [0.2, 0.25) is 0 Å². The maximum atomic E-state index is 9.57. The van der Waals surface area contributed by atoms with E-state index in [4.69, 9.17) is 15.0 Å². The zero-order valence-electron chi connectivity index (χ0n) is 11.8. The van der Waals surface area contributed by atoms with Crippen LogP contribution in [0, 0.1) is 5.92 Å². The van der Waals surface area contributed by atoms with Crippen molar-refractivity contribution in [3.05, 3.63) is 24.1 Å². The summed E-state index contributed by atoms with van der Waals surface area (Å²) in [4.78, 5) is 4.31. The van der Waals surface area contributed by atoms with Gasteiger partial charge in [-0.05, 0) is 24.1 Å². The maximum absolute atomic E-state index is 9.57. The molecule has 0 amide bonds. The first kappa shape index (κ1) is 14.3. The lowest BCUT2D eigenvalue weighted by Crippen LogP contribution is -2.18. The maximum Gasteiger partial charge on any atom is 0.244 e. The van der Waals surface area contributed by atoms with Crippen molar-refractivity contribution in [1.82, 2.24) is 10.1 Å². The van der Waals surface area contributed by atoms with E-state index in [1.54, 1.807) is 12.1 Å². The number of phenols is 1. The molecule has 0 aliphatic heterocycles. The Bertz CT molecular complexity index is 583. The Morgan fingerprint density at radius 2 is 2.20 bits per heavy atom. The molecule has 0 bridgehead atoms. The van der Waals surface area contributed by atoms with Crippen molar-refractivity contribution < 1.29 is 14.4 Å². The summed E-state index contributed by atoms with van der Waals surface area (Å²) in [6.07, 6.45) is 0.936. The molecule has 0 radical (unpaired) electrons. The standard InChI is InChI=1S/C14H19N3O3/c1-4-8(2)12(15)14-16-13(17-20-14)9-5-6-10(18)11(7-9)19-3/h5-8,12,18H,4,15H2,1-3H3/t8-,12-/m0/s1. The molecule has 1 heterocycles. The highest BCUT2D eigenvalue weighted by atomic mass is 16.5. The molecule has 20 heavy (non-hydrogen) atoms. The Kier molecular flexibility index (Phi) is 4.24. The summed E-state index contributed by atoms with van der Waals surface area (Å²) in [5.74, 6) is 1.53. The molecule has 0 aliphatic rings. The lowest BCUT2D eigenvalue weighted by Gasteiger charge is -2.12. The van der Waals surface area contributed by atoms with Gasteiger partial charge in [0.2, 0.25) is 11.7 Å². The Labute approximate surface area is 117 Å². The first-order valence-electron chi connectivity index (χ1n) is 6.53. The highest BCUT2D eigenvalue weighted by molar-refractivity contribution is 5.60. The Morgan fingerprint density at radius 3 is 2.85 bits per heavy atom. The van der Waals surface area contributed by atoms with Gasteiger partial charge in [-0.25, -0.2) is 0 Å². The number of ether oxygens (including phenoxy) is 1. The summed E-state index contributed by atoms with van der Waals surface area (Å²) in [5.41, 5.74) is 6.76. The summed E-state index contributed by atoms with van der Waals surface area (Å²) in [7, 11) is 1.49. The molecule has 0 unspecified atom stereocenters. The molecule has 0 fully saturated rings. The van der Waals surface area contributed by atoms with Crippen molar-refractivity contribution in [2.75, 3.05) is 7.11 Å². The molecule has 6 heteroatoms. The molecule has 2 rings (SSSR count). The fourth-order valence-corrected chi connectivity index (χ4v) is 1.80. The molecular formula is C14H19N3O3. The second kappa shape index (κ2) is 5.92. The van der Waals surface area contributed by atoms with Crippen molar-refractivity contribution in [1.29, 1.82) is 0 Å². The molecule has 0 saturated carbocycles. The van der Waals surface area contributed by atoms with E-state index in [-0.39, 0.29) is 17.7 Å². The van der Waals surface area contributed by atoms with E-state index in [9.17, 15) is 5.11 Å². The largest absolute Gasteiger partial charge is 0.504 e. The first-order chi connectivity index (χ1) is 9.56. The van der Waals surface area contributed by atoms with Gasteiger partial charge in [0.1, 0.15) is 0 Å². The Balaban J connectivity index is 2.29. The first-order valence-corrected chi connectivity index (χ1v) is 6.53. The van der Waals surface area contributed by atoms with Gasteiger partial charge in [0.25, 0.3) is 0 Å². The quantitative estimate of drug-likeness (QED) is 0.872. The summed E-state index contributed by atoms with van der Waals surface area (Å²) >= 11 is 0. The monoisotopic (exact) mass is 277 g/mol. The molecule has 1 aromatic heterocycles. The van der Waals surface area contributed by atoms with Crippen molar-refractivity contribution in [2.45, 2.75) is 26.3 Å². The molecule has 2 aromatic rings. The summed E-state index contributed by atoms with van der Waals surface area (Å²) < 4.78 is 10.3. The van der Waals surface area contributed by atoms with Crippen LogP contribution in [0.5, 0.6) is 11.5 Å². The summed E-state index contributed by atoms with van der Waals surface area (Å²) in [6, 6.07) is 4.60. The second-order valence-corrected chi connectivity index (χ2v) is 4.75. The number of benzene rings is 1. The number of methoxy groups -OCH3 is 1. The number of rotatable bonds is 5. The molecule has 0 saturated heterocycles. The minimum atomic E-state index is -0.278. The van der Waals surface area contributed by atoms with Crippen molar-refractivity contribution in [3.63, 3.8) is 0 Å². The van der Waals surface area contributed by atoms with Crippen LogP contribution in [-0.4, -0.2) is 22.4 Å². The van der Waals surface area contributed by atoms with Gasteiger partial charge in [0, 0.05) is 5.56 Å². The van der Waals surface area contributed by atoms with Crippen LogP contribution in [0.15, 0.2) is 22.7 Å². The number of nitrogens with two attached hydrogens (primary N) is 1. The molecule has 0 aliphatic carbocycles. The van der Waals surface area contributed by atoms with E-state index < -0.39 is 0 Å². The van der Waals surface area contributed by atoms with Gasteiger partial charge < -0.3 is 20.1 Å². The SMILES string of the molecule is CC[C@H](C)[C@H](N)c1nc(-c2ccc(O)c(OC)c2)no1. The van der Waals surface area contributed by atoms with Crippen LogP contribution in [0.1, 0.15) is 32.2 Å². The third-order valence-electron chi connectivity index (χ3n) is 3.42.